The van der Waals surface area contributed by atoms with Gasteiger partial charge in [0.1, 0.15) is 43.1 Å². The lowest BCUT2D eigenvalue weighted by Gasteiger charge is -2.16. The Morgan fingerprint density at radius 1 is 0.657 bits per heavy atom. The van der Waals surface area contributed by atoms with Gasteiger partial charge in [-0.25, -0.2) is 4.98 Å². The predicted molar refractivity (Wildman–Crippen MR) is 254 cm³/mol. The second-order valence-electron chi connectivity index (χ2n) is 14.0. The van der Waals surface area contributed by atoms with Crippen molar-refractivity contribution in [3.63, 3.8) is 0 Å². The van der Waals surface area contributed by atoms with E-state index in [0.29, 0.717) is 28.5 Å². The molecule has 2 heterocycles. The zero-order valence-corrected chi connectivity index (χ0v) is 39.0. The summed E-state index contributed by atoms with van der Waals surface area (Å²) in [6.45, 7) is 3.99. The topological polar surface area (TPSA) is 309 Å². The standard InChI is InChI=1S/C42H30Cl2N10O9S4/c1-3-47-26-7-4-6-23(16-26)37-32(21-46)41(64-42(37)54-51-28-17-30-29(35(19-28)66(58,59)60)8-5-9-34(30)65(55,56)57)53-52-38-22(2)31(20-45)39(50-40(38)48-25-12-10-24(43)11-13-25)49-27-14-15-33(44)36(18-27)67(61,62)63/h4-19,47H,3H2,1-2H3,(H2,48,49,50)(H,55,56,57)(H,58,59,60)(H,61,62,63). The van der Waals surface area contributed by atoms with Crippen LogP contribution >= 0.6 is 34.5 Å². The average molecular weight is 1020 g/mol. The summed E-state index contributed by atoms with van der Waals surface area (Å²) in [4.78, 5) is 2.65. The summed E-state index contributed by atoms with van der Waals surface area (Å²) in [5.41, 5.74) is 1.81. The van der Waals surface area contributed by atoms with Crippen LogP contribution in [0, 0.1) is 29.6 Å². The number of aromatic nitrogens is 1. The minimum absolute atomic E-state index is 0.0115. The number of nitrogens with one attached hydrogen (secondary N) is 3. The van der Waals surface area contributed by atoms with Gasteiger partial charge in [0.2, 0.25) is 0 Å². The molecule has 0 saturated carbocycles. The molecule has 0 aliphatic heterocycles. The molecule has 0 saturated heterocycles. The molecular weight excluding hydrogens is 988 g/mol. The maximum Gasteiger partial charge on any atom is 0.296 e. The lowest BCUT2D eigenvalue weighted by atomic mass is 10.0. The van der Waals surface area contributed by atoms with Crippen molar-refractivity contribution in [3.8, 4) is 23.3 Å². The van der Waals surface area contributed by atoms with E-state index in [1.54, 1.807) is 55.5 Å². The first kappa shape index (κ1) is 48.0. The van der Waals surface area contributed by atoms with E-state index < -0.39 is 45.0 Å². The molecule has 6 N–H and O–H groups in total. The van der Waals surface area contributed by atoms with E-state index >= 15 is 0 Å². The Labute approximate surface area is 396 Å². The molecule has 0 radical (unpaired) electrons. The van der Waals surface area contributed by atoms with Gasteiger partial charge < -0.3 is 16.0 Å². The molecule has 5 aromatic carbocycles. The van der Waals surface area contributed by atoms with Crippen molar-refractivity contribution in [2.75, 3.05) is 22.5 Å². The van der Waals surface area contributed by atoms with Gasteiger partial charge in [0.15, 0.2) is 16.6 Å². The van der Waals surface area contributed by atoms with Crippen LogP contribution in [0.2, 0.25) is 10.0 Å². The Bertz CT molecular complexity index is 3650. The number of fused-ring (bicyclic) bond motifs is 1. The first-order valence-electron chi connectivity index (χ1n) is 19.0. The normalized spacial score (nSPS) is 12.1. The number of halogens is 2. The number of rotatable bonds is 14. The fourth-order valence-electron chi connectivity index (χ4n) is 6.63. The minimum Gasteiger partial charge on any atom is -0.385 e. The van der Waals surface area contributed by atoms with Crippen LogP contribution < -0.4 is 16.0 Å². The van der Waals surface area contributed by atoms with Crippen LogP contribution in [0.15, 0.2) is 132 Å². The van der Waals surface area contributed by atoms with Gasteiger partial charge in [-0.15, -0.1) is 20.5 Å². The van der Waals surface area contributed by atoms with Crippen LogP contribution in [0.1, 0.15) is 23.6 Å². The van der Waals surface area contributed by atoms with Crippen LogP contribution in [0.4, 0.5) is 50.1 Å². The van der Waals surface area contributed by atoms with Crippen molar-refractivity contribution in [3.05, 3.63) is 124 Å². The number of thiophene rings is 1. The van der Waals surface area contributed by atoms with Crippen molar-refractivity contribution >= 4 is 126 Å². The Balaban J connectivity index is 1.41. The molecule has 67 heavy (non-hydrogen) atoms. The molecule has 340 valence electrons. The van der Waals surface area contributed by atoms with Gasteiger partial charge in [-0.05, 0) is 92.2 Å². The van der Waals surface area contributed by atoms with Crippen LogP contribution in [-0.2, 0) is 30.4 Å². The lowest BCUT2D eigenvalue weighted by Crippen LogP contribution is -2.05. The first-order chi connectivity index (χ1) is 31.7. The van der Waals surface area contributed by atoms with E-state index in [1.165, 1.54) is 24.3 Å². The summed E-state index contributed by atoms with van der Waals surface area (Å²) < 4.78 is 104. The third-order valence-electron chi connectivity index (χ3n) is 9.58. The summed E-state index contributed by atoms with van der Waals surface area (Å²) in [5.74, 6) is -0.0363. The summed E-state index contributed by atoms with van der Waals surface area (Å²) in [7, 11) is -14.6. The maximum atomic E-state index is 12.5. The largest absolute Gasteiger partial charge is 0.385 e. The van der Waals surface area contributed by atoms with Gasteiger partial charge in [0.25, 0.3) is 30.4 Å². The van der Waals surface area contributed by atoms with Gasteiger partial charge in [-0.1, -0.05) is 58.8 Å². The SMILES string of the molecule is CCNc1cccc(-c2c(N=Nc3cc(S(=O)(=O)O)c4cccc(S(=O)(=O)O)c4c3)sc(N=Nc3c(Nc4ccc(Cl)cc4)nc(Nc4ccc(Cl)c(S(=O)(=O)O)c4)c(C#N)c3C)c2C#N)c1. The van der Waals surface area contributed by atoms with Crippen LogP contribution in [-0.4, -0.2) is 50.4 Å². The van der Waals surface area contributed by atoms with Crippen LogP contribution in [0.5, 0.6) is 0 Å². The molecule has 0 fully saturated rings. The van der Waals surface area contributed by atoms with Crippen molar-refractivity contribution < 1.29 is 38.9 Å². The van der Waals surface area contributed by atoms with Gasteiger partial charge in [-0.3, -0.25) is 13.7 Å². The molecule has 0 bridgehead atoms. The third kappa shape index (κ3) is 10.6. The first-order valence-corrected chi connectivity index (χ1v) is 24.9. The Hall–Kier alpha value is -6.90. The fraction of sp³-hybridized carbons (Fsp3) is 0.0714. The number of pyridine rings is 1. The van der Waals surface area contributed by atoms with Crippen LogP contribution in [0.25, 0.3) is 21.9 Å². The molecule has 0 aliphatic rings. The van der Waals surface area contributed by atoms with Crippen molar-refractivity contribution in [2.45, 2.75) is 28.5 Å². The summed E-state index contributed by atoms with van der Waals surface area (Å²) in [6.07, 6.45) is 0. The average Bonchev–Trinajstić information content (AvgIpc) is 3.63. The van der Waals surface area contributed by atoms with E-state index in [4.69, 9.17) is 23.2 Å². The molecule has 7 rings (SSSR count). The number of benzene rings is 5. The molecule has 0 atom stereocenters. The number of nitrogens with zero attached hydrogens (tertiary/aromatic N) is 7. The van der Waals surface area contributed by atoms with Crippen molar-refractivity contribution in [1.29, 1.82) is 10.5 Å². The highest BCUT2D eigenvalue weighted by Crippen LogP contribution is 2.49. The number of hydrogen-bond acceptors (Lipinski definition) is 17. The fourth-order valence-corrected chi connectivity index (χ4v) is 10.1. The maximum absolute atomic E-state index is 12.5. The highest BCUT2D eigenvalue weighted by Gasteiger charge is 2.25. The number of anilines is 5. The molecule has 0 spiro atoms. The van der Waals surface area contributed by atoms with Crippen molar-refractivity contribution in [1.82, 2.24) is 4.98 Å². The zero-order valence-electron chi connectivity index (χ0n) is 34.3. The summed E-state index contributed by atoms with van der Waals surface area (Å²) in [5, 5.41) is 47.6. The quantitative estimate of drug-likeness (QED) is 0.0436. The number of nitriles is 2. The van der Waals surface area contributed by atoms with Gasteiger partial charge in [0.05, 0.1) is 16.3 Å². The predicted octanol–water partition coefficient (Wildman–Crippen LogP) is 11.8. The lowest BCUT2D eigenvalue weighted by molar-refractivity contribution is 0.481. The monoisotopic (exact) mass is 1020 g/mol. The second kappa shape index (κ2) is 19.1. The molecule has 0 aliphatic carbocycles. The molecular formula is C42H30Cl2N10O9S4. The van der Waals surface area contributed by atoms with E-state index in [9.17, 15) is 49.4 Å². The van der Waals surface area contributed by atoms with Crippen LogP contribution in [0.3, 0.4) is 0 Å². The van der Waals surface area contributed by atoms with E-state index in [2.05, 4.69) is 53.5 Å². The molecule has 0 unspecified atom stereocenters. The molecule has 7 aromatic rings. The van der Waals surface area contributed by atoms with E-state index in [1.807, 2.05) is 6.92 Å². The van der Waals surface area contributed by atoms with E-state index in [-0.39, 0.29) is 76.7 Å². The Morgan fingerprint density at radius 2 is 1.30 bits per heavy atom. The molecule has 25 heteroatoms. The summed E-state index contributed by atoms with van der Waals surface area (Å²) in [6, 6.07) is 26.9. The summed E-state index contributed by atoms with van der Waals surface area (Å²) >= 11 is 13.0. The third-order valence-corrected chi connectivity index (χ3v) is 13.9. The van der Waals surface area contributed by atoms with Crippen molar-refractivity contribution in [2.24, 2.45) is 20.5 Å². The highest BCUT2D eigenvalue weighted by atomic mass is 35.5. The molecule has 2 aromatic heterocycles. The van der Waals surface area contributed by atoms with Gasteiger partial charge >= 0.3 is 0 Å². The smallest absolute Gasteiger partial charge is 0.296 e. The Kier molecular flexibility index (Phi) is 13.7. The van der Waals surface area contributed by atoms with Gasteiger partial charge in [0, 0.05) is 50.5 Å². The van der Waals surface area contributed by atoms with Gasteiger partial charge in [-0.2, -0.15) is 35.8 Å². The minimum atomic E-state index is -4.99. The Morgan fingerprint density at radius 3 is 1.96 bits per heavy atom. The van der Waals surface area contributed by atoms with E-state index in [0.717, 1.165) is 35.6 Å². The number of hydrogen-bond donors (Lipinski definition) is 6. The number of azo groups is 2. The second-order valence-corrected chi connectivity index (χ2v) is 20.0. The molecule has 19 nitrogen and oxygen atoms in total. The highest BCUT2D eigenvalue weighted by molar-refractivity contribution is 7.86. The zero-order chi connectivity index (χ0) is 48.4. The molecule has 0 amide bonds.